The normalized spacial score (nSPS) is 35.3. The van der Waals surface area contributed by atoms with Crippen LogP contribution in [0.15, 0.2) is 0 Å². The van der Waals surface area contributed by atoms with Crippen LogP contribution in [0.3, 0.4) is 0 Å². The molecule has 0 aromatic heterocycles. The van der Waals surface area contributed by atoms with Gasteiger partial charge in [0.1, 0.15) is 12.1 Å². The summed E-state index contributed by atoms with van der Waals surface area (Å²) < 4.78 is 0. The molecule has 162 valence electrons. The van der Waals surface area contributed by atoms with E-state index < -0.39 is 0 Å². The quantitative estimate of drug-likeness (QED) is 0.674. The molecule has 2 saturated heterocycles. The molecule has 2 amide bonds. The Labute approximate surface area is 178 Å². The summed E-state index contributed by atoms with van der Waals surface area (Å²) in [5.74, 6) is 0.0782. The van der Waals surface area contributed by atoms with Gasteiger partial charge in [0.15, 0.2) is 0 Å². The Hall–Kier alpha value is -2.16. The highest BCUT2D eigenvalue weighted by atomic mass is 16.2. The first kappa shape index (κ1) is 21.1. The van der Waals surface area contributed by atoms with Gasteiger partial charge in [0.2, 0.25) is 11.8 Å². The Kier molecular flexibility index (Phi) is 5.99. The summed E-state index contributed by atoms with van der Waals surface area (Å²) in [7, 11) is 0. The molecule has 8 nitrogen and oxygen atoms in total. The topological polar surface area (TPSA) is 112 Å². The summed E-state index contributed by atoms with van der Waals surface area (Å²) in [4.78, 5) is 28.6. The van der Waals surface area contributed by atoms with Crippen molar-refractivity contribution < 1.29 is 9.59 Å². The van der Waals surface area contributed by atoms with E-state index in [2.05, 4.69) is 22.8 Å². The lowest BCUT2D eigenvalue weighted by Crippen LogP contribution is -2.63. The smallest absolute Gasteiger partial charge is 0.237 e. The number of nitrogens with one attached hydrogen (secondary N) is 2. The lowest BCUT2D eigenvalue weighted by atomic mass is 9.61. The third-order valence-corrected chi connectivity index (χ3v) is 7.92. The molecule has 0 aromatic rings. The van der Waals surface area contributed by atoms with Crippen molar-refractivity contribution in [2.45, 2.75) is 87.4 Å². The minimum absolute atomic E-state index is 0.00577. The van der Waals surface area contributed by atoms with Gasteiger partial charge in [-0.15, -0.1) is 0 Å². The molecule has 2 aliphatic heterocycles. The number of fused-ring (bicyclic) bond motifs is 3. The Morgan fingerprint density at radius 1 is 0.767 bits per heavy atom. The predicted octanol–water partition coefficient (Wildman–Crippen LogP) is 1.04. The lowest BCUT2D eigenvalue weighted by Gasteiger charge is -2.54. The van der Waals surface area contributed by atoms with Gasteiger partial charge in [-0.1, -0.05) is 0 Å². The van der Waals surface area contributed by atoms with Crippen LogP contribution in [0.4, 0.5) is 0 Å². The second-order valence-electron chi connectivity index (χ2n) is 9.52. The summed E-state index contributed by atoms with van der Waals surface area (Å²) in [6.07, 6.45) is 9.35. The Bertz CT molecular complexity index is 680. The van der Waals surface area contributed by atoms with E-state index in [4.69, 9.17) is 0 Å². The third-order valence-electron chi connectivity index (χ3n) is 7.92. The van der Waals surface area contributed by atoms with Crippen molar-refractivity contribution in [3.8, 4) is 12.1 Å². The van der Waals surface area contributed by atoms with Gasteiger partial charge < -0.3 is 20.4 Å². The fourth-order valence-corrected chi connectivity index (χ4v) is 5.84. The second-order valence-corrected chi connectivity index (χ2v) is 9.52. The van der Waals surface area contributed by atoms with Crippen molar-refractivity contribution in [2.24, 2.45) is 0 Å². The zero-order valence-corrected chi connectivity index (χ0v) is 17.7. The van der Waals surface area contributed by atoms with Crippen molar-refractivity contribution in [1.82, 2.24) is 20.4 Å². The highest BCUT2D eigenvalue weighted by Crippen LogP contribution is 2.46. The number of likely N-dealkylation sites (tertiary alicyclic amines) is 2. The summed E-state index contributed by atoms with van der Waals surface area (Å²) in [5, 5.41) is 25.5. The van der Waals surface area contributed by atoms with Crippen molar-refractivity contribution >= 4 is 11.8 Å². The molecular weight excluding hydrogens is 380 g/mol. The first-order valence-electron chi connectivity index (χ1n) is 11.4. The SMILES string of the molecule is N#C[C@@H]1CCCN1C(=O)CNC12CCC(NCC(=O)N3CCC[C@H]3C#N)(CC1)CC2. The lowest BCUT2D eigenvalue weighted by molar-refractivity contribution is -0.132. The van der Waals surface area contributed by atoms with Gasteiger partial charge in [0.05, 0.1) is 25.2 Å². The number of nitriles is 2. The van der Waals surface area contributed by atoms with Gasteiger partial charge in [-0.2, -0.15) is 10.5 Å². The molecule has 0 unspecified atom stereocenters. The fraction of sp³-hybridized carbons (Fsp3) is 0.818. The summed E-state index contributed by atoms with van der Waals surface area (Å²) in [6, 6.07) is 3.95. The highest BCUT2D eigenvalue weighted by Gasteiger charge is 2.48. The standard InChI is InChI=1S/C22H32N6O2/c23-13-17-3-1-11-27(17)19(29)15-25-21-5-8-22(9-6-21,10-7-21)26-16-20(30)28-12-2-4-18(28)14-24/h17-18,25-26H,1-12,15-16H2/t17-,18-,21?,22?/m0/s1. The van der Waals surface area contributed by atoms with Crippen LogP contribution in [0.1, 0.15) is 64.2 Å². The molecule has 8 heteroatoms. The van der Waals surface area contributed by atoms with Crippen molar-refractivity contribution in [2.75, 3.05) is 26.2 Å². The van der Waals surface area contributed by atoms with Crippen LogP contribution in [0, 0.1) is 22.7 Å². The molecule has 2 bridgehead atoms. The van der Waals surface area contributed by atoms with Crippen LogP contribution >= 0.6 is 0 Å². The molecule has 2 heterocycles. The predicted molar refractivity (Wildman–Crippen MR) is 110 cm³/mol. The van der Waals surface area contributed by atoms with E-state index in [1.54, 1.807) is 9.80 Å². The number of carbonyl (C=O) groups excluding carboxylic acids is 2. The number of nitrogens with zero attached hydrogens (tertiary/aromatic N) is 4. The third kappa shape index (κ3) is 4.04. The van der Waals surface area contributed by atoms with E-state index in [0.717, 1.165) is 64.2 Å². The largest absolute Gasteiger partial charge is 0.326 e. The van der Waals surface area contributed by atoms with E-state index in [9.17, 15) is 20.1 Å². The molecule has 2 N–H and O–H groups in total. The Morgan fingerprint density at radius 2 is 1.13 bits per heavy atom. The minimum Gasteiger partial charge on any atom is -0.326 e. The van der Waals surface area contributed by atoms with E-state index in [1.165, 1.54) is 0 Å². The summed E-state index contributed by atoms with van der Waals surface area (Å²) >= 11 is 0. The summed E-state index contributed by atoms with van der Waals surface area (Å²) in [5.41, 5.74) is 0.0115. The number of rotatable bonds is 6. The minimum atomic E-state index is -0.264. The molecule has 2 atom stereocenters. The van der Waals surface area contributed by atoms with Crippen molar-refractivity contribution in [3.63, 3.8) is 0 Å². The molecule has 30 heavy (non-hydrogen) atoms. The number of carbonyl (C=O) groups is 2. The zero-order chi connectivity index (χ0) is 21.2. The second kappa shape index (κ2) is 8.53. The van der Waals surface area contributed by atoms with Crippen molar-refractivity contribution in [3.05, 3.63) is 0 Å². The van der Waals surface area contributed by atoms with Gasteiger partial charge in [0, 0.05) is 24.2 Å². The summed E-state index contributed by atoms with van der Waals surface area (Å²) in [6.45, 7) is 2.00. The first-order valence-corrected chi connectivity index (χ1v) is 11.4. The van der Waals surface area contributed by atoms with Crippen LogP contribution in [0.5, 0.6) is 0 Å². The maximum Gasteiger partial charge on any atom is 0.237 e. The zero-order valence-electron chi connectivity index (χ0n) is 17.7. The number of hydrogen-bond acceptors (Lipinski definition) is 6. The van der Waals surface area contributed by atoms with Gasteiger partial charge in [-0.3, -0.25) is 9.59 Å². The molecule has 5 rings (SSSR count). The number of amides is 2. The van der Waals surface area contributed by atoms with Gasteiger partial charge >= 0.3 is 0 Å². The molecule has 3 aliphatic carbocycles. The Morgan fingerprint density at radius 3 is 1.47 bits per heavy atom. The average molecular weight is 413 g/mol. The van der Waals surface area contributed by atoms with Crippen LogP contribution in [-0.2, 0) is 9.59 Å². The van der Waals surface area contributed by atoms with E-state index in [0.29, 0.717) is 26.2 Å². The maximum atomic E-state index is 12.6. The van der Waals surface area contributed by atoms with Crippen LogP contribution < -0.4 is 10.6 Å². The molecule has 3 saturated carbocycles. The monoisotopic (exact) mass is 412 g/mol. The molecule has 0 radical (unpaired) electrons. The van der Waals surface area contributed by atoms with E-state index in [-0.39, 0.29) is 35.0 Å². The van der Waals surface area contributed by atoms with E-state index >= 15 is 0 Å². The van der Waals surface area contributed by atoms with Crippen LogP contribution in [0.2, 0.25) is 0 Å². The molecular formula is C22H32N6O2. The molecule has 0 spiro atoms. The number of hydrogen-bond donors (Lipinski definition) is 2. The molecule has 5 aliphatic rings. The van der Waals surface area contributed by atoms with E-state index in [1.807, 2.05) is 0 Å². The average Bonchev–Trinajstić information content (AvgIpc) is 3.46. The fourth-order valence-electron chi connectivity index (χ4n) is 5.84. The maximum absolute atomic E-state index is 12.6. The molecule has 0 aromatic carbocycles. The van der Waals surface area contributed by atoms with Gasteiger partial charge in [0.25, 0.3) is 0 Å². The van der Waals surface area contributed by atoms with Crippen molar-refractivity contribution in [1.29, 1.82) is 10.5 Å². The Balaban J connectivity index is 1.25. The van der Waals surface area contributed by atoms with Crippen LogP contribution in [0.25, 0.3) is 0 Å². The van der Waals surface area contributed by atoms with Crippen LogP contribution in [-0.4, -0.2) is 71.0 Å². The van der Waals surface area contributed by atoms with Gasteiger partial charge in [-0.05, 0) is 64.2 Å². The molecule has 5 fully saturated rings. The highest BCUT2D eigenvalue weighted by molar-refractivity contribution is 5.80. The first-order chi connectivity index (χ1) is 14.5. The van der Waals surface area contributed by atoms with Gasteiger partial charge in [-0.25, -0.2) is 0 Å².